The lowest BCUT2D eigenvalue weighted by Crippen LogP contribution is -3.06. The molecule has 3 heterocycles. The lowest BCUT2D eigenvalue weighted by atomic mass is 8.96. The van der Waals surface area contributed by atoms with Crippen molar-refractivity contribution in [3.63, 3.8) is 0 Å². The van der Waals surface area contributed by atoms with Gasteiger partial charge in [-0.25, -0.2) is 9.50 Å². The smallest absolute Gasteiger partial charge is 0.270 e. The van der Waals surface area contributed by atoms with Crippen LogP contribution in [0.1, 0.15) is 32.1 Å². The van der Waals surface area contributed by atoms with Crippen molar-refractivity contribution in [1.82, 2.24) is 25.2 Å². The Bertz CT molecular complexity index is 1510. The number of Topliss-reactive ketones (excluding diaryl/α,β-unsaturated/α-hetero) is 1. The predicted octanol–water partition coefficient (Wildman–Crippen LogP) is 1.26. The molecule has 0 atom stereocenters. The van der Waals surface area contributed by atoms with Crippen molar-refractivity contribution in [2.75, 3.05) is 13.2 Å². The second-order valence-corrected chi connectivity index (χ2v) is 11.4. The van der Waals surface area contributed by atoms with E-state index in [0.717, 1.165) is 59.1 Å². The quantitative estimate of drug-likeness (QED) is 0.548. The van der Waals surface area contributed by atoms with Gasteiger partial charge in [-0.05, 0) is 64.5 Å². The molecule has 6 fully saturated rings. The molecule has 180 valence electrons. The molecule has 3 aromatic rings. The second-order valence-electron chi connectivity index (χ2n) is 11.4. The van der Waals surface area contributed by atoms with Crippen LogP contribution in [0.25, 0.3) is 5.65 Å². The van der Waals surface area contributed by atoms with Crippen LogP contribution in [0.4, 0.5) is 0 Å². The SMILES string of the molecule is O=C1COc2ccc(CNC(=O)c3cc(C(=O)NCC45C6C7C8C6C4C8C75)n4nccc4n3)cc2C1. The summed E-state index contributed by atoms with van der Waals surface area (Å²) >= 11 is 0. The Morgan fingerprint density at radius 3 is 2.64 bits per heavy atom. The van der Waals surface area contributed by atoms with E-state index in [1.165, 1.54) is 10.6 Å². The highest BCUT2D eigenvalue weighted by molar-refractivity contribution is 5.98. The molecule has 2 amide bonds. The molecule has 9 heteroatoms. The predicted molar refractivity (Wildman–Crippen MR) is 124 cm³/mol. The normalized spacial score (nSPS) is 36.7. The van der Waals surface area contributed by atoms with Crippen LogP contribution >= 0.6 is 0 Å². The van der Waals surface area contributed by atoms with Gasteiger partial charge in [-0.3, -0.25) is 14.4 Å². The van der Waals surface area contributed by atoms with Gasteiger partial charge in [0.2, 0.25) is 0 Å². The van der Waals surface area contributed by atoms with Crippen molar-refractivity contribution >= 4 is 23.2 Å². The summed E-state index contributed by atoms with van der Waals surface area (Å²) in [5, 5.41) is 10.3. The van der Waals surface area contributed by atoms with Gasteiger partial charge in [0.1, 0.15) is 23.7 Å². The van der Waals surface area contributed by atoms with E-state index in [-0.39, 0.29) is 36.4 Å². The fraction of sp³-hybridized carbons (Fsp3) is 0.444. The van der Waals surface area contributed by atoms with Gasteiger partial charge in [0.05, 0.1) is 6.20 Å². The summed E-state index contributed by atoms with van der Waals surface area (Å²) in [4.78, 5) is 42.3. The maximum absolute atomic E-state index is 13.2. The molecule has 0 radical (unpaired) electrons. The number of rotatable bonds is 6. The molecule has 6 saturated carbocycles. The number of ether oxygens (including phenoxy) is 1. The summed E-state index contributed by atoms with van der Waals surface area (Å²) in [7, 11) is 0. The maximum Gasteiger partial charge on any atom is 0.270 e. The van der Waals surface area contributed by atoms with Gasteiger partial charge < -0.3 is 15.4 Å². The van der Waals surface area contributed by atoms with Crippen LogP contribution in [0.3, 0.4) is 0 Å². The molecule has 10 rings (SSSR count). The first-order chi connectivity index (χ1) is 17.6. The third-order valence-corrected chi connectivity index (χ3v) is 10.4. The number of ketones is 1. The number of aromatic nitrogens is 3. The van der Waals surface area contributed by atoms with E-state index in [2.05, 4.69) is 20.7 Å². The number of hydrogen-bond donors (Lipinski definition) is 2. The van der Waals surface area contributed by atoms with Gasteiger partial charge in [-0.1, -0.05) is 6.07 Å². The van der Waals surface area contributed by atoms with Gasteiger partial charge in [0, 0.05) is 37.2 Å². The van der Waals surface area contributed by atoms with Gasteiger partial charge in [0.15, 0.2) is 11.4 Å². The van der Waals surface area contributed by atoms with E-state index in [9.17, 15) is 14.4 Å². The highest BCUT2D eigenvalue weighted by atomic mass is 16.5. The number of carbonyl (C=O) groups excluding carboxylic acids is 3. The topological polar surface area (TPSA) is 115 Å². The summed E-state index contributed by atoms with van der Waals surface area (Å²) in [5.41, 5.74) is 3.00. The molecule has 0 spiro atoms. The zero-order valence-electron chi connectivity index (χ0n) is 19.3. The summed E-state index contributed by atoms with van der Waals surface area (Å²) in [6.07, 6.45) is 1.91. The second kappa shape index (κ2) is 6.14. The molecule has 0 unspecified atom stereocenters. The van der Waals surface area contributed by atoms with E-state index in [0.29, 0.717) is 28.9 Å². The Labute approximate surface area is 205 Å². The first-order valence-corrected chi connectivity index (χ1v) is 12.7. The minimum absolute atomic E-state index is 0.0348. The highest BCUT2D eigenvalue weighted by Gasteiger charge is 3.03. The molecule has 0 bridgehead atoms. The molecule has 9 nitrogen and oxygen atoms in total. The van der Waals surface area contributed by atoms with Crippen molar-refractivity contribution in [2.45, 2.75) is 13.0 Å². The third kappa shape index (κ3) is 2.02. The van der Waals surface area contributed by atoms with Crippen LogP contribution in [0.15, 0.2) is 36.5 Å². The molecular weight excluding hydrogens is 458 g/mol. The van der Waals surface area contributed by atoms with Gasteiger partial charge in [0.25, 0.3) is 11.8 Å². The molecule has 6 aliphatic carbocycles. The summed E-state index contributed by atoms with van der Waals surface area (Å²) in [6, 6.07) is 8.77. The standard InChI is InChI=1S/C27H23N5O4/c33-13-6-12-5-11(1-2-16(12)36-9-13)8-28-25(34)14-7-15(32-17(31-14)3-4-30-32)26(35)29-10-27-22-19-18-20(22)24(27)21(18)23(19)27/h1-5,7,18-24H,6,8-10H2,(H,28,34)(H,29,35). The number of amides is 2. The fourth-order valence-corrected chi connectivity index (χ4v) is 9.26. The first kappa shape index (κ1) is 19.4. The fourth-order valence-electron chi connectivity index (χ4n) is 9.26. The maximum atomic E-state index is 13.2. The van der Waals surface area contributed by atoms with Crippen LogP contribution in [0.2, 0.25) is 0 Å². The van der Waals surface area contributed by atoms with Crippen molar-refractivity contribution in [1.29, 1.82) is 0 Å². The highest BCUT2D eigenvalue weighted by Crippen LogP contribution is 3.05. The third-order valence-electron chi connectivity index (χ3n) is 10.4. The minimum atomic E-state index is -0.376. The zero-order chi connectivity index (χ0) is 23.9. The van der Waals surface area contributed by atoms with E-state index in [1.54, 1.807) is 12.3 Å². The molecule has 7 aliphatic rings. The molecule has 1 aromatic carbocycles. The Hall–Kier alpha value is -3.75. The van der Waals surface area contributed by atoms with Crippen LogP contribution < -0.4 is 15.4 Å². The van der Waals surface area contributed by atoms with E-state index in [1.807, 2.05) is 18.2 Å². The molecule has 2 aromatic heterocycles. The number of carbonyl (C=O) groups is 3. The lowest BCUT2D eigenvalue weighted by Gasteiger charge is -3.08. The number of hydrogen-bond acceptors (Lipinski definition) is 6. The molecule has 0 saturated heterocycles. The number of fused-ring (bicyclic) bond motifs is 2. The van der Waals surface area contributed by atoms with E-state index >= 15 is 0 Å². The van der Waals surface area contributed by atoms with E-state index in [4.69, 9.17) is 4.74 Å². The average Bonchev–Trinajstić information content (AvgIpc) is 3.38. The Kier molecular flexibility index (Phi) is 3.32. The van der Waals surface area contributed by atoms with Gasteiger partial charge in [-0.2, -0.15) is 5.10 Å². The van der Waals surface area contributed by atoms with Crippen LogP contribution in [-0.2, 0) is 17.8 Å². The molecule has 2 N–H and O–H groups in total. The van der Waals surface area contributed by atoms with Crippen LogP contribution in [-0.4, -0.2) is 45.3 Å². The molecular formula is C27H23N5O4. The lowest BCUT2D eigenvalue weighted by molar-refractivity contribution is -0.612. The molecule has 1 aliphatic heterocycles. The van der Waals surface area contributed by atoms with Gasteiger partial charge in [-0.15, -0.1) is 0 Å². The number of nitrogens with one attached hydrogen (secondary N) is 2. The molecule has 36 heavy (non-hydrogen) atoms. The van der Waals surface area contributed by atoms with Crippen molar-refractivity contribution in [3.8, 4) is 5.75 Å². The Morgan fingerprint density at radius 1 is 1.03 bits per heavy atom. The van der Waals surface area contributed by atoms with E-state index < -0.39 is 0 Å². The van der Waals surface area contributed by atoms with Crippen LogP contribution in [0.5, 0.6) is 5.75 Å². The monoisotopic (exact) mass is 481 g/mol. The first-order valence-electron chi connectivity index (χ1n) is 12.7. The Morgan fingerprint density at radius 2 is 1.83 bits per heavy atom. The summed E-state index contributed by atoms with van der Waals surface area (Å²) < 4.78 is 6.93. The van der Waals surface area contributed by atoms with Gasteiger partial charge >= 0.3 is 0 Å². The largest absolute Gasteiger partial charge is 0.486 e. The number of nitrogens with zero attached hydrogens (tertiary/aromatic N) is 3. The van der Waals surface area contributed by atoms with Crippen molar-refractivity contribution in [3.05, 3.63) is 59.0 Å². The van der Waals surface area contributed by atoms with Crippen molar-refractivity contribution < 1.29 is 19.1 Å². The van der Waals surface area contributed by atoms with Crippen molar-refractivity contribution in [2.24, 2.45) is 46.8 Å². The average molecular weight is 482 g/mol. The minimum Gasteiger partial charge on any atom is -0.486 e. The summed E-state index contributed by atoms with van der Waals surface area (Å²) in [6.45, 7) is 1.11. The summed E-state index contributed by atoms with van der Waals surface area (Å²) in [5.74, 6) is 6.69. The van der Waals surface area contributed by atoms with Crippen LogP contribution in [0, 0.1) is 46.8 Å². The zero-order valence-corrected chi connectivity index (χ0v) is 19.3. The number of benzene rings is 1. The Balaban J connectivity index is 0.923.